The number of hydrogen-bond acceptors (Lipinski definition) is 5. The maximum atomic E-state index is 11.1. The van der Waals surface area contributed by atoms with Gasteiger partial charge in [0.05, 0.1) is 17.5 Å². The monoisotopic (exact) mass is 335 g/mol. The number of fused-ring (bicyclic) bond motifs is 1. The normalized spacial score (nSPS) is 12.6. The Morgan fingerprint density at radius 1 is 1.04 bits per heavy atom. The molecule has 1 aromatic heterocycles. The zero-order chi connectivity index (χ0) is 17.2. The van der Waals surface area contributed by atoms with Gasteiger partial charge in [0, 0.05) is 11.6 Å². The number of carboxylic acid groups (broad SMARTS) is 1. The van der Waals surface area contributed by atoms with E-state index in [1.165, 1.54) is 6.07 Å². The number of hydrogen-bond donors (Lipinski definition) is 1. The van der Waals surface area contributed by atoms with Crippen LogP contribution in [0.1, 0.15) is 16.1 Å². The van der Waals surface area contributed by atoms with Crippen molar-refractivity contribution in [2.75, 3.05) is 6.79 Å². The van der Waals surface area contributed by atoms with Gasteiger partial charge < -0.3 is 19.0 Å². The van der Waals surface area contributed by atoms with Crippen molar-refractivity contribution < 1.29 is 23.8 Å². The zero-order valence-corrected chi connectivity index (χ0v) is 13.0. The number of furan rings is 1. The lowest BCUT2D eigenvalue weighted by molar-refractivity contribution is 0.0697. The van der Waals surface area contributed by atoms with Crippen molar-refractivity contribution in [1.82, 2.24) is 0 Å². The summed E-state index contributed by atoms with van der Waals surface area (Å²) in [4.78, 5) is 15.4. The van der Waals surface area contributed by atoms with Crippen LogP contribution >= 0.6 is 0 Å². The molecular weight excluding hydrogens is 322 g/mol. The van der Waals surface area contributed by atoms with Crippen LogP contribution in [0, 0.1) is 0 Å². The molecule has 25 heavy (non-hydrogen) atoms. The van der Waals surface area contributed by atoms with Crippen molar-refractivity contribution in [2.45, 2.75) is 0 Å². The van der Waals surface area contributed by atoms with Crippen molar-refractivity contribution >= 4 is 17.9 Å². The number of aromatic carboxylic acids is 1. The van der Waals surface area contributed by atoms with Crippen LogP contribution in [0.2, 0.25) is 0 Å². The maximum absolute atomic E-state index is 11.1. The smallest absolute Gasteiger partial charge is 0.335 e. The van der Waals surface area contributed by atoms with E-state index in [1.807, 2.05) is 6.07 Å². The standard InChI is InChI=1S/C19H13NO5/c21-19(22)13-3-1-2-12(8-13)16-7-5-15(25-16)10-20-14-4-6-17-18(9-14)24-11-23-17/h1-10H,11H2,(H,21,22). The number of benzene rings is 2. The number of carbonyl (C=O) groups is 1. The molecule has 0 unspecified atom stereocenters. The van der Waals surface area contributed by atoms with Gasteiger partial charge in [-0.25, -0.2) is 4.79 Å². The van der Waals surface area contributed by atoms with Crippen molar-refractivity contribution in [3.05, 3.63) is 65.9 Å². The third-order valence-electron chi connectivity index (χ3n) is 3.72. The molecule has 0 radical (unpaired) electrons. The largest absolute Gasteiger partial charge is 0.478 e. The number of ether oxygens (including phenoxy) is 2. The summed E-state index contributed by atoms with van der Waals surface area (Å²) < 4.78 is 16.3. The predicted molar refractivity (Wildman–Crippen MR) is 90.9 cm³/mol. The third kappa shape index (κ3) is 3.10. The first kappa shape index (κ1) is 15.0. The molecule has 0 fully saturated rings. The van der Waals surface area contributed by atoms with Crippen molar-refractivity contribution in [3.8, 4) is 22.8 Å². The third-order valence-corrected chi connectivity index (χ3v) is 3.72. The summed E-state index contributed by atoms with van der Waals surface area (Å²) in [6, 6.07) is 15.6. The zero-order valence-electron chi connectivity index (χ0n) is 13.0. The van der Waals surface area contributed by atoms with Gasteiger partial charge in [0.2, 0.25) is 6.79 Å². The number of aliphatic imine (C=N–C) groups is 1. The molecule has 1 N–H and O–H groups in total. The first-order valence-corrected chi connectivity index (χ1v) is 7.56. The van der Waals surface area contributed by atoms with E-state index in [4.69, 9.17) is 19.0 Å². The molecule has 6 nitrogen and oxygen atoms in total. The summed E-state index contributed by atoms with van der Waals surface area (Å²) in [5.74, 6) is 1.54. The molecule has 0 atom stereocenters. The second-order valence-corrected chi connectivity index (χ2v) is 5.38. The summed E-state index contributed by atoms with van der Waals surface area (Å²) in [5.41, 5.74) is 1.63. The van der Waals surface area contributed by atoms with E-state index in [1.54, 1.807) is 48.7 Å². The van der Waals surface area contributed by atoms with Gasteiger partial charge in [-0.2, -0.15) is 0 Å². The average molecular weight is 335 g/mol. The van der Waals surface area contributed by atoms with E-state index >= 15 is 0 Å². The summed E-state index contributed by atoms with van der Waals surface area (Å²) >= 11 is 0. The molecule has 3 aromatic rings. The second kappa shape index (κ2) is 6.16. The van der Waals surface area contributed by atoms with Crippen molar-refractivity contribution in [1.29, 1.82) is 0 Å². The first-order valence-electron chi connectivity index (χ1n) is 7.56. The summed E-state index contributed by atoms with van der Waals surface area (Å²) in [6.45, 7) is 0.222. The fourth-order valence-electron chi connectivity index (χ4n) is 2.49. The van der Waals surface area contributed by atoms with Gasteiger partial charge >= 0.3 is 5.97 Å². The van der Waals surface area contributed by atoms with Crippen LogP contribution in [0.5, 0.6) is 11.5 Å². The minimum absolute atomic E-state index is 0.212. The Labute approximate surface area is 143 Å². The van der Waals surface area contributed by atoms with Crippen LogP contribution < -0.4 is 9.47 Å². The SMILES string of the molecule is O=C(O)c1cccc(-c2ccc(C=Nc3ccc4c(c3)OCO4)o2)c1. The quantitative estimate of drug-likeness (QED) is 0.725. The predicted octanol–water partition coefficient (Wildman–Crippen LogP) is 4.12. The topological polar surface area (TPSA) is 81.3 Å². The highest BCUT2D eigenvalue weighted by molar-refractivity contribution is 5.89. The van der Waals surface area contributed by atoms with E-state index in [2.05, 4.69) is 4.99 Å². The lowest BCUT2D eigenvalue weighted by Gasteiger charge is -1.99. The number of rotatable bonds is 4. The lowest BCUT2D eigenvalue weighted by Crippen LogP contribution is -1.95. The highest BCUT2D eigenvalue weighted by Gasteiger charge is 2.13. The highest BCUT2D eigenvalue weighted by atomic mass is 16.7. The minimum Gasteiger partial charge on any atom is -0.478 e. The Morgan fingerprint density at radius 3 is 2.80 bits per heavy atom. The summed E-state index contributed by atoms with van der Waals surface area (Å²) in [6.07, 6.45) is 1.60. The average Bonchev–Trinajstić information content (AvgIpc) is 3.29. The van der Waals surface area contributed by atoms with E-state index < -0.39 is 5.97 Å². The van der Waals surface area contributed by atoms with E-state index in [0.717, 1.165) is 5.69 Å². The maximum Gasteiger partial charge on any atom is 0.335 e. The van der Waals surface area contributed by atoms with E-state index in [0.29, 0.717) is 28.6 Å². The minimum atomic E-state index is -0.974. The lowest BCUT2D eigenvalue weighted by atomic mass is 10.1. The van der Waals surface area contributed by atoms with Gasteiger partial charge in [-0.05, 0) is 36.4 Å². The van der Waals surface area contributed by atoms with Crippen LogP contribution in [0.25, 0.3) is 11.3 Å². The molecule has 2 heterocycles. The fraction of sp³-hybridized carbons (Fsp3) is 0.0526. The van der Waals surface area contributed by atoms with Gasteiger partial charge in [-0.15, -0.1) is 0 Å². The van der Waals surface area contributed by atoms with Crippen molar-refractivity contribution in [2.24, 2.45) is 4.99 Å². The molecule has 4 rings (SSSR count). The van der Waals surface area contributed by atoms with Gasteiger partial charge in [0.15, 0.2) is 11.5 Å². The summed E-state index contributed by atoms with van der Waals surface area (Å²) in [5, 5.41) is 9.07. The van der Waals surface area contributed by atoms with Crippen LogP contribution in [0.15, 0.2) is 64.0 Å². The molecule has 0 saturated heterocycles. The van der Waals surface area contributed by atoms with Crippen LogP contribution in [-0.4, -0.2) is 24.1 Å². The molecule has 6 heteroatoms. The van der Waals surface area contributed by atoms with E-state index in [-0.39, 0.29) is 12.4 Å². The highest BCUT2D eigenvalue weighted by Crippen LogP contribution is 2.35. The molecule has 1 aliphatic heterocycles. The van der Waals surface area contributed by atoms with Crippen LogP contribution in [0.3, 0.4) is 0 Å². The Kier molecular flexibility index (Phi) is 3.70. The fourth-order valence-corrected chi connectivity index (χ4v) is 2.49. The molecule has 0 amide bonds. The van der Waals surface area contributed by atoms with Gasteiger partial charge in [0.1, 0.15) is 11.5 Å². The van der Waals surface area contributed by atoms with E-state index in [9.17, 15) is 4.79 Å². The van der Waals surface area contributed by atoms with Gasteiger partial charge in [-0.3, -0.25) is 4.99 Å². The second-order valence-electron chi connectivity index (χ2n) is 5.38. The Morgan fingerprint density at radius 2 is 1.92 bits per heavy atom. The molecule has 0 saturated carbocycles. The molecule has 2 aromatic carbocycles. The van der Waals surface area contributed by atoms with Crippen LogP contribution in [-0.2, 0) is 0 Å². The van der Waals surface area contributed by atoms with Crippen molar-refractivity contribution in [3.63, 3.8) is 0 Å². The molecule has 124 valence electrons. The number of nitrogens with zero attached hydrogens (tertiary/aromatic N) is 1. The Bertz CT molecular complexity index is 973. The molecular formula is C19H13NO5. The number of carboxylic acids is 1. The molecule has 1 aliphatic rings. The molecule has 0 spiro atoms. The van der Waals surface area contributed by atoms with Crippen LogP contribution in [0.4, 0.5) is 5.69 Å². The molecule has 0 aliphatic carbocycles. The Balaban J connectivity index is 1.55. The Hall–Kier alpha value is -3.54. The molecule has 0 bridgehead atoms. The summed E-state index contributed by atoms with van der Waals surface area (Å²) in [7, 11) is 0. The first-order chi connectivity index (χ1) is 12.2. The van der Waals surface area contributed by atoms with Gasteiger partial charge in [0.25, 0.3) is 0 Å². The van der Waals surface area contributed by atoms with Gasteiger partial charge in [-0.1, -0.05) is 12.1 Å².